The minimum absolute atomic E-state index is 0.0283. The molecule has 92 valence electrons. The molecule has 1 amide bonds. The average molecular weight is 316 g/mol. The fraction of sp³-hybridized carbons (Fsp3) is 0.273. The number of carbonyl (C=O) groups excluding carboxylic acids is 1. The van der Waals surface area contributed by atoms with Crippen molar-refractivity contribution in [3.05, 3.63) is 28.2 Å². The number of rotatable bonds is 5. The summed E-state index contributed by atoms with van der Waals surface area (Å²) in [5.41, 5.74) is 12.3. The normalized spacial score (nSPS) is 11.9. The molecule has 5 N–H and O–H groups in total. The Kier molecular flexibility index (Phi) is 4.89. The summed E-state index contributed by atoms with van der Waals surface area (Å²) in [6.07, 6.45) is 0.281. The van der Waals surface area contributed by atoms with Crippen LogP contribution in [0.5, 0.6) is 0 Å². The molecule has 6 heteroatoms. The predicted octanol–water partition coefficient (Wildman–Crippen LogP) is 1.76. The number of primary amides is 1. The van der Waals surface area contributed by atoms with Gasteiger partial charge in [-0.05, 0) is 41.1 Å². The van der Waals surface area contributed by atoms with Gasteiger partial charge in [0.05, 0.1) is 0 Å². The summed E-state index contributed by atoms with van der Waals surface area (Å²) in [5, 5.41) is 3.18. The van der Waals surface area contributed by atoms with Gasteiger partial charge in [0.15, 0.2) is 0 Å². The number of anilines is 1. The molecule has 0 spiro atoms. The van der Waals surface area contributed by atoms with Crippen molar-refractivity contribution in [2.24, 2.45) is 11.5 Å². The minimum atomic E-state index is -0.333. The van der Waals surface area contributed by atoms with Crippen LogP contribution in [0.3, 0.4) is 0 Å². The molecule has 0 aliphatic heterocycles. The molecule has 1 atom stereocenters. The van der Waals surface area contributed by atoms with Crippen LogP contribution >= 0.6 is 28.1 Å². The Hall–Kier alpha value is -1.14. The molecule has 0 aliphatic carbocycles. The summed E-state index contributed by atoms with van der Waals surface area (Å²) < 4.78 is 0.846. The van der Waals surface area contributed by atoms with Crippen molar-refractivity contribution in [1.29, 1.82) is 0 Å². The molecule has 0 fully saturated rings. The molecule has 1 unspecified atom stereocenters. The van der Waals surface area contributed by atoms with Crippen molar-refractivity contribution in [2.75, 3.05) is 5.32 Å². The molecule has 0 aromatic heterocycles. The molecular formula is C11H14BrN3OS. The predicted molar refractivity (Wildman–Crippen MR) is 76.9 cm³/mol. The molecule has 0 heterocycles. The third kappa shape index (κ3) is 4.32. The van der Waals surface area contributed by atoms with Crippen LogP contribution in [0.25, 0.3) is 0 Å². The third-order valence-electron chi connectivity index (χ3n) is 2.16. The third-order valence-corrected chi connectivity index (χ3v) is 3.05. The van der Waals surface area contributed by atoms with Gasteiger partial charge in [-0.15, -0.1) is 0 Å². The molecule has 0 radical (unpaired) electrons. The molecule has 1 aromatic carbocycles. The average Bonchev–Trinajstić information content (AvgIpc) is 2.19. The highest BCUT2D eigenvalue weighted by molar-refractivity contribution is 9.10. The Morgan fingerprint density at radius 2 is 2.18 bits per heavy atom. The van der Waals surface area contributed by atoms with Gasteiger partial charge in [-0.2, -0.15) is 0 Å². The van der Waals surface area contributed by atoms with Crippen LogP contribution < -0.4 is 16.8 Å². The van der Waals surface area contributed by atoms with Crippen LogP contribution in [0.4, 0.5) is 5.69 Å². The lowest BCUT2D eigenvalue weighted by molar-refractivity contribution is -0.118. The minimum Gasteiger partial charge on any atom is -0.389 e. The van der Waals surface area contributed by atoms with Crippen molar-refractivity contribution in [3.8, 4) is 0 Å². The number of carbonyl (C=O) groups is 1. The zero-order valence-corrected chi connectivity index (χ0v) is 11.8. The zero-order valence-electron chi connectivity index (χ0n) is 9.37. The molecule has 1 rings (SSSR count). The molecule has 0 saturated carbocycles. The smallest absolute Gasteiger partial charge is 0.219 e. The van der Waals surface area contributed by atoms with Gasteiger partial charge in [0.1, 0.15) is 4.99 Å². The Morgan fingerprint density at radius 3 is 2.65 bits per heavy atom. The first kappa shape index (κ1) is 13.9. The van der Waals surface area contributed by atoms with Gasteiger partial charge in [0, 0.05) is 28.2 Å². The van der Waals surface area contributed by atoms with Gasteiger partial charge >= 0.3 is 0 Å². The number of nitrogens with one attached hydrogen (secondary N) is 1. The summed E-state index contributed by atoms with van der Waals surface area (Å²) in [5.74, 6) is -0.333. The zero-order chi connectivity index (χ0) is 13.0. The summed E-state index contributed by atoms with van der Waals surface area (Å²) >= 11 is 8.30. The van der Waals surface area contributed by atoms with E-state index in [0.717, 1.165) is 15.7 Å². The highest BCUT2D eigenvalue weighted by atomic mass is 79.9. The Bertz CT molecular complexity index is 450. The van der Waals surface area contributed by atoms with E-state index in [-0.39, 0.29) is 18.4 Å². The van der Waals surface area contributed by atoms with Crippen LogP contribution in [0, 0.1) is 0 Å². The van der Waals surface area contributed by atoms with Crippen LogP contribution in [-0.4, -0.2) is 16.9 Å². The highest BCUT2D eigenvalue weighted by Crippen LogP contribution is 2.24. The quantitative estimate of drug-likeness (QED) is 0.723. The molecule has 0 saturated heterocycles. The summed E-state index contributed by atoms with van der Waals surface area (Å²) in [7, 11) is 0. The first-order valence-corrected chi connectivity index (χ1v) is 6.24. The van der Waals surface area contributed by atoms with Gasteiger partial charge in [-0.3, -0.25) is 4.79 Å². The summed E-state index contributed by atoms with van der Waals surface area (Å²) in [6, 6.07) is 5.49. The van der Waals surface area contributed by atoms with E-state index in [1.807, 2.05) is 25.1 Å². The van der Waals surface area contributed by atoms with Gasteiger partial charge in [0.25, 0.3) is 0 Å². The van der Waals surface area contributed by atoms with Crippen molar-refractivity contribution >= 4 is 44.7 Å². The standard InChI is InChI=1S/C11H14BrN3OS/c1-6(4-10(13)16)15-9-3-2-7(11(14)17)5-8(9)12/h2-3,5-6,15H,4H2,1H3,(H2,13,16)(H2,14,17). The van der Waals surface area contributed by atoms with Crippen molar-refractivity contribution < 1.29 is 4.79 Å². The second-order valence-corrected chi connectivity index (χ2v) is 5.07. The number of nitrogens with two attached hydrogens (primary N) is 2. The van der Waals surface area contributed by atoms with Crippen LogP contribution in [0.15, 0.2) is 22.7 Å². The van der Waals surface area contributed by atoms with Crippen molar-refractivity contribution in [1.82, 2.24) is 0 Å². The van der Waals surface area contributed by atoms with Gasteiger partial charge in [0.2, 0.25) is 5.91 Å². The van der Waals surface area contributed by atoms with E-state index in [1.54, 1.807) is 0 Å². The Morgan fingerprint density at radius 1 is 1.53 bits per heavy atom. The molecule has 1 aromatic rings. The fourth-order valence-corrected chi connectivity index (χ4v) is 2.02. The topological polar surface area (TPSA) is 81.1 Å². The molecular weight excluding hydrogens is 302 g/mol. The molecule has 17 heavy (non-hydrogen) atoms. The largest absolute Gasteiger partial charge is 0.389 e. The number of amides is 1. The first-order valence-electron chi connectivity index (χ1n) is 5.04. The lowest BCUT2D eigenvalue weighted by Crippen LogP contribution is -2.24. The Balaban J connectivity index is 2.79. The maximum absolute atomic E-state index is 10.8. The van der Waals surface area contributed by atoms with E-state index in [1.165, 1.54) is 0 Å². The molecule has 0 aliphatic rings. The SMILES string of the molecule is CC(CC(N)=O)Nc1ccc(C(N)=S)cc1Br. The lowest BCUT2D eigenvalue weighted by atomic mass is 10.1. The van der Waals surface area contributed by atoms with E-state index < -0.39 is 0 Å². The summed E-state index contributed by atoms with van der Waals surface area (Å²) in [4.78, 5) is 11.1. The monoisotopic (exact) mass is 315 g/mol. The number of benzene rings is 1. The number of halogens is 1. The second kappa shape index (κ2) is 5.97. The lowest BCUT2D eigenvalue weighted by Gasteiger charge is -2.15. The van der Waals surface area contributed by atoms with E-state index in [9.17, 15) is 4.79 Å². The van der Waals surface area contributed by atoms with E-state index >= 15 is 0 Å². The number of thiocarbonyl (C=S) groups is 1. The summed E-state index contributed by atoms with van der Waals surface area (Å²) in [6.45, 7) is 1.89. The van der Waals surface area contributed by atoms with Crippen molar-refractivity contribution in [2.45, 2.75) is 19.4 Å². The number of hydrogen-bond donors (Lipinski definition) is 3. The van der Waals surface area contributed by atoms with Crippen LogP contribution in [0.2, 0.25) is 0 Å². The number of hydrogen-bond acceptors (Lipinski definition) is 3. The maximum atomic E-state index is 10.8. The Labute approximate surface area is 114 Å². The maximum Gasteiger partial charge on any atom is 0.219 e. The molecule has 4 nitrogen and oxygen atoms in total. The van der Waals surface area contributed by atoms with Gasteiger partial charge in [-0.25, -0.2) is 0 Å². The first-order chi connectivity index (χ1) is 7.90. The van der Waals surface area contributed by atoms with Gasteiger partial charge in [-0.1, -0.05) is 12.2 Å². The second-order valence-electron chi connectivity index (χ2n) is 3.77. The van der Waals surface area contributed by atoms with Crippen LogP contribution in [0.1, 0.15) is 18.9 Å². The van der Waals surface area contributed by atoms with Crippen molar-refractivity contribution in [3.63, 3.8) is 0 Å². The van der Waals surface area contributed by atoms with Crippen LogP contribution in [-0.2, 0) is 4.79 Å². The molecule has 0 bridgehead atoms. The van der Waals surface area contributed by atoms with E-state index in [2.05, 4.69) is 21.2 Å². The van der Waals surface area contributed by atoms with Gasteiger partial charge < -0.3 is 16.8 Å². The highest BCUT2D eigenvalue weighted by Gasteiger charge is 2.08. The fourth-order valence-electron chi connectivity index (χ4n) is 1.40. The van der Waals surface area contributed by atoms with E-state index in [4.69, 9.17) is 23.7 Å². The van der Waals surface area contributed by atoms with E-state index in [0.29, 0.717) is 4.99 Å².